The van der Waals surface area contributed by atoms with Crippen molar-refractivity contribution in [3.05, 3.63) is 0 Å². The van der Waals surface area contributed by atoms with Gasteiger partial charge in [-0.2, -0.15) is 0 Å². The molecule has 0 aromatic rings. The van der Waals surface area contributed by atoms with Crippen LogP contribution in [0.25, 0.3) is 0 Å². The second-order valence-electron chi connectivity index (χ2n) is 5.62. The lowest BCUT2D eigenvalue weighted by molar-refractivity contribution is -0.140. The molecule has 6 heteroatoms. The first-order valence-corrected chi connectivity index (χ1v) is 7.42. The van der Waals surface area contributed by atoms with E-state index in [1.54, 1.807) is 0 Å². The molecule has 1 amide bonds. The quantitative estimate of drug-likeness (QED) is 0.677. The number of hydrogen-bond acceptors (Lipinski definition) is 4. The normalized spacial score (nSPS) is 31.8. The van der Waals surface area contributed by atoms with Crippen LogP contribution in [0.1, 0.15) is 33.1 Å². The molecule has 6 nitrogen and oxygen atoms in total. The molecule has 114 valence electrons. The Balaban J connectivity index is 1.66. The second kappa shape index (κ2) is 6.54. The number of carbonyl (C=O) groups is 2. The molecule has 0 aromatic carbocycles. The molecule has 2 rings (SSSR count). The molecule has 0 heterocycles. The van der Waals surface area contributed by atoms with Crippen LogP contribution >= 0.6 is 0 Å². The van der Waals surface area contributed by atoms with Crippen LogP contribution in [0, 0.1) is 5.92 Å². The molecule has 2 atom stereocenters. The number of rotatable bonds is 8. The first-order valence-electron chi connectivity index (χ1n) is 7.42. The number of nitrogens with zero attached hydrogens (tertiary/aromatic N) is 1. The Hall–Kier alpha value is -1.14. The molecule has 2 fully saturated rings. The smallest absolute Gasteiger partial charge is 0.317 e. The summed E-state index contributed by atoms with van der Waals surface area (Å²) in [4.78, 5) is 24.6. The average Bonchev–Trinajstić information content (AvgIpc) is 3.10. The Morgan fingerprint density at radius 2 is 2.00 bits per heavy atom. The summed E-state index contributed by atoms with van der Waals surface area (Å²) in [6.45, 7) is 5.36. The summed E-state index contributed by atoms with van der Waals surface area (Å²) >= 11 is 0. The van der Waals surface area contributed by atoms with Gasteiger partial charge in [-0.25, -0.2) is 0 Å². The summed E-state index contributed by atoms with van der Waals surface area (Å²) in [5.74, 6) is -0.680. The van der Waals surface area contributed by atoms with Gasteiger partial charge in [0.1, 0.15) is 0 Å². The number of nitrogens with one attached hydrogen (secondary N) is 1. The summed E-state index contributed by atoms with van der Waals surface area (Å²) in [5, 5.41) is 11.9. The van der Waals surface area contributed by atoms with Crippen LogP contribution in [0.2, 0.25) is 0 Å². The number of likely N-dealkylation sites (N-methyl/N-ethyl adjacent to an activating group) is 1. The number of hydrogen-bond donors (Lipinski definition) is 2. The molecule has 0 saturated heterocycles. The van der Waals surface area contributed by atoms with Gasteiger partial charge in [0.15, 0.2) is 0 Å². The van der Waals surface area contributed by atoms with Crippen LogP contribution in [-0.4, -0.2) is 59.8 Å². The highest BCUT2D eigenvalue weighted by molar-refractivity contribution is 5.82. The van der Waals surface area contributed by atoms with Gasteiger partial charge in [-0.1, -0.05) is 6.92 Å². The number of carboxylic acids is 1. The van der Waals surface area contributed by atoms with Crippen LogP contribution in [0.15, 0.2) is 0 Å². The van der Waals surface area contributed by atoms with Crippen LogP contribution in [0.4, 0.5) is 0 Å². The third-order valence-electron chi connectivity index (χ3n) is 4.17. The van der Waals surface area contributed by atoms with Gasteiger partial charge in [0.25, 0.3) is 0 Å². The molecule has 2 unspecified atom stereocenters. The molecule has 2 aliphatic carbocycles. The number of carbonyl (C=O) groups excluding carboxylic acids is 1. The largest absolute Gasteiger partial charge is 0.480 e. The molecule has 0 radical (unpaired) electrons. The summed E-state index contributed by atoms with van der Waals surface area (Å²) in [6, 6.07) is 0.474. The van der Waals surface area contributed by atoms with Crippen LogP contribution < -0.4 is 5.32 Å². The predicted molar refractivity (Wildman–Crippen MR) is 73.4 cm³/mol. The fraction of sp³-hybridized carbons (Fsp3) is 0.857. The van der Waals surface area contributed by atoms with Crippen molar-refractivity contribution in [3.63, 3.8) is 0 Å². The highest BCUT2D eigenvalue weighted by Gasteiger charge is 2.45. The Bertz CT molecular complexity index is 368. The number of amides is 1. The van der Waals surface area contributed by atoms with Crippen molar-refractivity contribution in [2.75, 3.05) is 19.7 Å². The fourth-order valence-electron chi connectivity index (χ4n) is 2.83. The number of carboxylic acid groups (broad SMARTS) is 1. The SMILES string of the molecule is CCOC1CC1C(=O)NC1CC(N(CC)CC(=O)O)C1. The lowest BCUT2D eigenvalue weighted by Gasteiger charge is -2.42. The highest BCUT2D eigenvalue weighted by Crippen LogP contribution is 2.35. The van der Waals surface area contributed by atoms with E-state index in [2.05, 4.69) is 5.32 Å². The average molecular weight is 284 g/mol. The minimum absolute atomic E-state index is 0.0234. The Labute approximate surface area is 119 Å². The maximum atomic E-state index is 11.9. The van der Waals surface area contributed by atoms with Crippen molar-refractivity contribution in [2.24, 2.45) is 5.92 Å². The van der Waals surface area contributed by atoms with Gasteiger partial charge < -0.3 is 15.2 Å². The summed E-state index contributed by atoms with van der Waals surface area (Å²) in [7, 11) is 0. The zero-order valence-electron chi connectivity index (χ0n) is 12.2. The van der Waals surface area contributed by atoms with E-state index in [-0.39, 0.29) is 36.6 Å². The summed E-state index contributed by atoms with van der Waals surface area (Å²) in [5.41, 5.74) is 0. The van der Waals surface area contributed by atoms with Gasteiger partial charge in [-0.15, -0.1) is 0 Å². The maximum Gasteiger partial charge on any atom is 0.317 e. The first-order chi connectivity index (χ1) is 9.55. The van der Waals surface area contributed by atoms with E-state index in [9.17, 15) is 9.59 Å². The van der Waals surface area contributed by atoms with Crippen molar-refractivity contribution < 1.29 is 19.4 Å². The molecule has 0 aliphatic heterocycles. The lowest BCUT2D eigenvalue weighted by Crippen LogP contribution is -2.55. The zero-order chi connectivity index (χ0) is 14.7. The van der Waals surface area contributed by atoms with Gasteiger partial charge in [-0.3, -0.25) is 14.5 Å². The lowest BCUT2D eigenvalue weighted by atomic mass is 9.85. The van der Waals surface area contributed by atoms with Gasteiger partial charge >= 0.3 is 5.97 Å². The molecule has 2 aliphatic rings. The topological polar surface area (TPSA) is 78.9 Å². The predicted octanol–water partition coefficient (Wildman–Crippen LogP) is 0.465. The first kappa shape index (κ1) is 15.3. The Morgan fingerprint density at radius 1 is 1.30 bits per heavy atom. The summed E-state index contributed by atoms with van der Waals surface area (Å²) < 4.78 is 5.41. The van der Waals surface area contributed by atoms with E-state index in [1.165, 1.54) is 0 Å². The van der Waals surface area contributed by atoms with Crippen molar-refractivity contribution in [2.45, 2.75) is 51.3 Å². The minimum Gasteiger partial charge on any atom is -0.480 e. The van der Waals surface area contributed by atoms with Crippen molar-refractivity contribution in [1.82, 2.24) is 10.2 Å². The Kier molecular flexibility index (Phi) is 4.99. The van der Waals surface area contributed by atoms with Crippen LogP contribution in [0.3, 0.4) is 0 Å². The highest BCUT2D eigenvalue weighted by atomic mass is 16.5. The van der Waals surface area contributed by atoms with Crippen LogP contribution in [-0.2, 0) is 14.3 Å². The van der Waals surface area contributed by atoms with Gasteiger partial charge in [0.05, 0.1) is 18.6 Å². The van der Waals surface area contributed by atoms with E-state index in [0.29, 0.717) is 6.61 Å². The second-order valence-corrected chi connectivity index (χ2v) is 5.62. The van der Waals surface area contributed by atoms with E-state index in [0.717, 1.165) is 25.8 Å². The third kappa shape index (κ3) is 3.70. The molecule has 0 aromatic heterocycles. The van der Waals surface area contributed by atoms with Gasteiger partial charge in [-0.05, 0) is 32.7 Å². The van der Waals surface area contributed by atoms with E-state index >= 15 is 0 Å². The summed E-state index contributed by atoms with van der Waals surface area (Å²) in [6.07, 6.45) is 2.63. The Morgan fingerprint density at radius 3 is 2.55 bits per heavy atom. The van der Waals surface area contributed by atoms with E-state index in [1.807, 2.05) is 18.7 Å². The van der Waals surface area contributed by atoms with Gasteiger partial charge in [0, 0.05) is 18.7 Å². The molecular formula is C14H24N2O4. The minimum atomic E-state index is -0.795. The van der Waals surface area contributed by atoms with Crippen molar-refractivity contribution in [1.29, 1.82) is 0 Å². The maximum absolute atomic E-state index is 11.9. The molecule has 20 heavy (non-hydrogen) atoms. The zero-order valence-corrected chi connectivity index (χ0v) is 12.2. The van der Waals surface area contributed by atoms with Crippen molar-refractivity contribution >= 4 is 11.9 Å². The fourth-order valence-corrected chi connectivity index (χ4v) is 2.83. The third-order valence-corrected chi connectivity index (χ3v) is 4.17. The van der Waals surface area contributed by atoms with E-state index in [4.69, 9.17) is 9.84 Å². The monoisotopic (exact) mass is 284 g/mol. The molecular weight excluding hydrogens is 260 g/mol. The van der Waals surface area contributed by atoms with Crippen LogP contribution in [0.5, 0.6) is 0 Å². The van der Waals surface area contributed by atoms with E-state index < -0.39 is 5.97 Å². The number of ether oxygens (including phenoxy) is 1. The molecule has 2 N–H and O–H groups in total. The standard InChI is InChI=1S/C14H24N2O4/c1-3-16(8-13(17)18)10-5-9(6-10)15-14(19)11-7-12(11)20-4-2/h9-12H,3-8H2,1-2H3,(H,15,19)(H,17,18). The van der Waals surface area contributed by atoms with Gasteiger partial charge in [0.2, 0.25) is 5.91 Å². The molecule has 0 spiro atoms. The molecule has 2 saturated carbocycles. The number of aliphatic carboxylic acids is 1. The molecule has 0 bridgehead atoms. The van der Waals surface area contributed by atoms with Crippen molar-refractivity contribution in [3.8, 4) is 0 Å².